The number of urea groups is 1. The van der Waals surface area contributed by atoms with Crippen LogP contribution in [0.1, 0.15) is 57.4 Å². The molecule has 1 atom stereocenters. The number of aromatic amines is 1. The van der Waals surface area contributed by atoms with E-state index in [2.05, 4.69) is 29.4 Å². The third-order valence-electron chi connectivity index (χ3n) is 5.60. The summed E-state index contributed by atoms with van der Waals surface area (Å²) in [6.07, 6.45) is 9.44. The van der Waals surface area contributed by atoms with E-state index >= 15 is 0 Å². The Morgan fingerprint density at radius 2 is 2.20 bits per heavy atom. The minimum absolute atomic E-state index is 0.0771. The van der Waals surface area contributed by atoms with Crippen LogP contribution in [0, 0.1) is 11.3 Å². The number of carbonyl (C=O) groups is 1. The van der Waals surface area contributed by atoms with Gasteiger partial charge in [-0.3, -0.25) is 5.10 Å². The van der Waals surface area contributed by atoms with Gasteiger partial charge < -0.3 is 15.0 Å². The molecule has 2 fully saturated rings. The highest BCUT2D eigenvalue weighted by Crippen LogP contribution is 2.31. The number of ether oxygens (including phenoxy) is 1. The highest BCUT2D eigenvalue weighted by molar-refractivity contribution is 5.74. The van der Waals surface area contributed by atoms with Crippen molar-refractivity contribution in [3.63, 3.8) is 0 Å². The van der Waals surface area contributed by atoms with Crippen molar-refractivity contribution >= 4 is 6.03 Å². The summed E-state index contributed by atoms with van der Waals surface area (Å²) in [5.41, 5.74) is 1.33. The smallest absolute Gasteiger partial charge is 0.317 e. The molecule has 0 unspecified atom stereocenters. The molecule has 0 spiro atoms. The van der Waals surface area contributed by atoms with Crippen molar-refractivity contribution < 1.29 is 9.53 Å². The molecule has 0 radical (unpaired) electrons. The van der Waals surface area contributed by atoms with Gasteiger partial charge in [-0.05, 0) is 49.0 Å². The van der Waals surface area contributed by atoms with Crippen LogP contribution < -0.4 is 5.32 Å². The van der Waals surface area contributed by atoms with Gasteiger partial charge in [0.15, 0.2) is 0 Å². The molecular weight excluding hydrogens is 316 g/mol. The lowest BCUT2D eigenvalue weighted by atomic mass is 9.80. The van der Waals surface area contributed by atoms with Gasteiger partial charge in [0.1, 0.15) is 0 Å². The fourth-order valence-electron chi connectivity index (χ4n) is 4.15. The second-order valence-electron chi connectivity index (χ2n) is 8.40. The van der Waals surface area contributed by atoms with Crippen LogP contribution in [0.25, 0.3) is 0 Å². The van der Waals surface area contributed by atoms with E-state index < -0.39 is 0 Å². The maximum atomic E-state index is 12.6. The summed E-state index contributed by atoms with van der Waals surface area (Å²) in [5, 5.41) is 10.1. The minimum Gasteiger partial charge on any atom is -0.381 e. The Morgan fingerprint density at radius 3 is 2.92 bits per heavy atom. The van der Waals surface area contributed by atoms with Crippen LogP contribution in [0.5, 0.6) is 0 Å². The number of hydrogen-bond acceptors (Lipinski definition) is 3. The number of amides is 2. The Hall–Kier alpha value is -1.56. The molecule has 2 saturated heterocycles. The van der Waals surface area contributed by atoms with Crippen LogP contribution in [0.15, 0.2) is 12.4 Å². The minimum atomic E-state index is 0.0771. The van der Waals surface area contributed by atoms with Gasteiger partial charge in [-0.15, -0.1) is 0 Å². The van der Waals surface area contributed by atoms with E-state index in [0.717, 1.165) is 70.9 Å². The predicted molar refractivity (Wildman–Crippen MR) is 97.5 cm³/mol. The molecule has 3 rings (SSSR count). The molecule has 140 valence electrons. The summed E-state index contributed by atoms with van der Waals surface area (Å²) >= 11 is 0. The number of piperidine rings is 1. The molecule has 3 heterocycles. The summed E-state index contributed by atoms with van der Waals surface area (Å²) < 4.78 is 5.45. The van der Waals surface area contributed by atoms with Crippen LogP contribution in [-0.4, -0.2) is 54.0 Å². The van der Waals surface area contributed by atoms with Crippen molar-refractivity contribution in [2.24, 2.45) is 11.3 Å². The molecule has 2 aliphatic rings. The van der Waals surface area contributed by atoms with E-state index in [-0.39, 0.29) is 11.4 Å². The molecule has 1 aromatic heterocycles. The quantitative estimate of drug-likeness (QED) is 0.859. The van der Waals surface area contributed by atoms with Crippen LogP contribution in [-0.2, 0) is 4.74 Å². The molecule has 6 nitrogen and oxygen atoms in total. The summed E-state index contributed by atoms with van der Waals surface area (Å²) in [6.45, 7) is 8.65. The molecule has 0 aliphatic carbocycles. The predicted octanol–water partition coefficient (Wildman–Crippen LogP) is 3.14. The molecule has 6 heteroatoms. The topological polar surface area (TPSA) is 70.2 Å². The summed E-state index contributed by atoms with van der Waals surface area (Å²) in [6, 6.07) is 0.0771. The first kappa shape index (κ1) is 18.2. The summed E-state index contributed by atoms with van der Waals surface area (Å²) in [7, 11) is 0. The number of hydrogen-bond donors (Lipinski definition) is 2. The van der Waals surface area contributed by atoms with Crippen molar-refractivity contribution in [3.05, 3.63) is 18.0 Å². The molecular formula is C19H32N4O2. The Labute approximate surface area is 150 Å². The van der Waals surface area contributed by atoms with Crippen molar-refractivity contribution in [2.75, 3.05) is 32.8 Å². The Balaban J connectivity index is 1.46. The van der Waals surface area contributed by atoms with Gasteiger partial charge in [0.2, 0.25) is 0 Å². The Bertz CT molecular complexity index is 538. The lowest BCUT2D eigenvalue weighted by molar-refractivity contribution is 0.0512. The number of aromatic nitrogens is 2. The first-order chi connectivity index (χ1) is 12.0. The van der Waals surface area contributed by atoms with Crippen LogP contribution in [0.2, 0.25) is 0 Å². The third kappa shape index (κ3) is 5.21. The lowest BCUT2D eigenvalue weighted by Gasteiger charge is -2.35. The van der Waals surface area contributed by atoms with Crippen LogP contribution >= 0.6 is 0 Å². The van der Waals surface area contributed by atoms with E-state index in [0.29, 0.717) is 5.92 Å². The molecule has 2 aliphatic heterocycles. The zero-order valence-electron chi connectivity index (χ0n) is 15.6. The van der Waals surface area contributed by atoms with Gasteiger partial charge in [0.25, 0.3) is 0 Å². The van der Waals surface area contributed by atoms with E-state index in [1.165, 1.54) is 5.56 Å². The van der Waals surface area contributed by atoms with Gasteiger partial charge in [-0.25, -0.2) is 4.79 Å². The molecule has 2 amide bonds. The zero-order valence-corrected chi connectivity index (χ0v) is 15.6. The standard InChI is InChI=1S/C19H32N4O2/c1-19(2,10-15-5-8-25-9-6-15)14-20-18(24)23-7-3-4-16(13-23)17-11-21-22-12-17/h11-12,15-16H,3-10,13-14H2,1-2H3,(H,20,24)(H,21,22)/t16-/m1/s1. The molecule has 0 aromatic carbocycles. The number of nitrogens with zero attached hydrogens (tertiary/aromatic N) is 2. The zero-order chi connectivity index (χ0) is 17.7. The number of rotatable bonds is 5. The maximum Gasteiger partial charge on any atom is 0.317 e. The lowest BCUT2D eigenvalue weighted by Crippen LogP contribution is -2.47. The number of nitrogens with one attached hydrogen (secondary N) is 2. The van der Waals surface area contributed by atoms with E-state index in [9.17, 15) is 4.79 Å². The van der Waals surface area contributed by atoms with Crippen molar-refractivity contribution in [1.29, 1.82) is 0 Å². The molecule has 0 bridgehead atoms. The Morgan fingerprint density at radius 1 is 1.40 bits per heavy atom. The van der Waals surface area contributed by atoms with Gasteiger partial charge in [-0.1, -0.05) is 13.8 Å². The van der Waals surface area contributed by atoms with E-state index in [1.807, 2.05) is 17.3 Å². The average molecular weight is 348 g/mol. The monoisotopic (exact) mass is 348 g/mol. The van der Waals surface area contributed by atoms with Crippen molar-refractivity contribution in [2.45, 2.75) is 51.9 Å². The molecule has 0 saturated carbocycles. The highest BCUT2D eigenvalue weighted by atomic mass is 16.5. The van der Waals surface area contributed by atoms with Gasteiger partial charge in [0, 0.05) is 45.0 Å². The fraction of sp³-hybridized carbons (Fsp3) is 0.789. The van der Waals surface area contributed by atoms with Gasteiger partial charge >= 0.3 is 6.03 Å². The normalized spacial score (nSPS) is 22.8. The van der Waals surface area contributed by atoms with Crippen molar-refractivity contribution in [1.82, 2.24) is 20.4 Å². The van der Waals surface area contributed by atoms with E-state index in [4.69, 9.17) is 4.74 Å². The molecule has 1 aromatic rings. The summed E-state index contributed by atoms with van der Waals surface area (Å²) in [4.78, 5) is 14.6. The third-order valence-corrected chi connectivity index (χ3v) is 5.60. The number of H-pyrrole nitrogens is 1. The second-order valence-corrected chi connectivity index (χ2v) is 8.40. The first-order valence-electron chi connectivity index (χ1n) is 9.63. The number of likely N-dealkylation sites (tertiary alicyclic amines) is 1. The SMILES string of the molecule is CC(C)(CNC(=O)N1CCC[C@@H](c2cn[nH]c2)C1)CC1CCOCC1. The summed E-state index contributed by atoms with van der Waals surface area (Å²) in [5.74, 6) is 1.12. The second kappa shape index (κ2) is 8.21. The van der Waals surface area contributed by atoms with Crippen LogP contribution in [0.4, 0.5) is 4.79 Å². The van der Waals surface area contributed by atoms with Gasteiger partial charge in [-0.2, -0.15) is 5.10 Å². The largest absolute Gasteiger partial charge is 0.381 e. The average Bonchev–Trinajstić information content (AvgIpc) is 3.15. The van der Waals surface area contributed by atoms with Crippen molar-refractivity contribution in [3.8, 4) is 0 Å². The molecule has 25 heavy (non-hydrogen) atoms. The number of carbonyl (C=O) groups excluding carboxylic acids is 1. The highest BCUT2D eigenvalue weighted by Gasteiger charge is 2.28. The fourth-order valence-corrected chi connectivity index (χ4v) is 4.15. The van der Waals surface area contributed by atoms with E-state index in [1.54, 1.807) is 0 Å². The first-order valence-corrected chi connectivity index (χ1v) is 9.63. The van der Waals surface area contributed by atoms with Gasteiger partial charge in [0.05, 0.1) is 6.20 Å². The molecule has 2 N–H and O–H groups in total. The van der Waals surface area contributed by atoms with Crippen LogP contribution in [0.3, 0.4) is 0 Å². The Kier molecular flexibility index (Phi) is 5.99. The maximum absolute atomic E-state index is 12.6.